The third-order valence-corrected chi connectivity index (χ3v) is 4.13. The largest absolute Gasteiger partial charge is 0.493 e. The number of carbonyl (C=O) groups is 1. The Morgan fingerprint density at radius 2 is 1.90 bits per heavy atom. The Morgan fingerprint density at radius 3 is 2.48 bits per heavy atom. The van der Waals surface area contributed by atoms with Gasteiger partial charge in [0.15, 0.2) is 9.84 Å². The second kappa shape index (κ2) is 8.63. The van der Waals surface area contributed by atoms with Crippen molar-refractivity contribution in [2.24, 2.45) is 5.73 Å². The normalized spacial score (nSPS) is 11.1. The molecule has 0 heterocycles. The third-order valence-electron chi connectivity index (χ3n) is 2.66. The summed E-state index contributed by atoms with van der Waals surface area (Å²) in [7, 11) is -3.51. The van der Waals surface area contributed by atoms with Crippen molar-refractivity contribution in [2.45, 2.75) is 13.3 Å². The van der Waals surface area contributed by atoms with Gasteiger partial charge in [0, 0.05) is 0 Å². The topological polar surface area (TPSA) is 95.7 Å². The van der Waals surface area contributed by atoms with Crippen molar-refractivity contribution in [1.29, 1.82) is 0 Å². The summed E-state index contributed by atoms with van der Waals surface area (Å²) in [6.45, 7) is 2.37. The maximum atomic E-state index is 11.7. The zero-order chi connectivity index (χ0) is 15.7. The van der Waals surface area contributed by atoms with Crippen LogP contribution in [0.4, 0.5) is 0 Å². The molecule has 0 atom stereocenters. The number of ether oxygens (including phenoxy) is 2. The SMILES string of the molecule is CCOC(=O)CS(=O)(=O)CCOc1ccc(CCN)cc1. The van der Waals surface area contributed by atoms with Crippen LogP contribution in [0.1, 0.15) is 12.5 Å². The first-order valence-electron chi connectivity index (χ1n) is 6.74. The fourth-order valence-corrected chi connectivity index (χ4v) is 2.58. The average Bonchev–Trinajstić information content (AvgIpc) is 2.40. The van der Waals surface area contributed by atoms with E-state index in [-0.39, 0.29) is 19.0 Å². The summed E-state index contributed by atoms with van der Waals surface area (Å²) in [4.78, 5) is 11.1. The molecule has 2 N–H and O–H groups in total. The maximum absolute atomic E-state index is 11.7. The minimum atomic E-state index is -3.51. The van der Waals surface area contributed by atoms with Gasteiger partial charge in [-0.2, -0.15) is 0 Å². The van der Waals surface area contributed by atoms with Crippen LogP contribution in [-0.2, 0) is 25.8 Å². The molecule has 0 aromatic heterocycles. The zero-order valence-electron chi connectivity index (χ0n) is 12.1. The van der Waals surface area contributed by atoms with Gasteiger partial charge in [-0.15, -0.1) is 0 Å². The molecule has 0 aliphatic rings. The molecule has 0 fully saturated rings. The molecular weight excluding hydrogens is 294 g/mol. The number of rotatable bonds is 9. The van der Waals surface area contributed by atoms with Crippen LogP contribution in [0.5, 0.6) is 5.75 Å². The molecule has 21 heavy (non-hydrogen) atoms. The smallest absolute Gasteiger partial charge is 0.321 e. The zero-order valence-corrected chi connectivity index (χ0v) is 12.9. The first kappa shape index (κ1) is 17.5. The number of benzene rings is 1. The predicted octanol–water partition coefficient (Wildman–Crippen LogP) is 0.545. The summed E-state index contributed by atoms with van der Waals surface area (Å²) in [5.74, 6) is -0.985. The van der Waals surface area contributed by atoms with E-state index in [2.05, 4.69) is 4.74 Å². The standard InChI is InChI=1S/C14H21NO5S/c1-2-19-14(16)11-21(17,18)10-9-20-13-5-3-12(4-6-13)7-8-15/h3-6H,2,7-11,15H2,1H3. The van der Waals surface area contributed by atoms with Crippen LogP contribution in [0.25, 0.3) is 0 Å². The van der Waals surface area contributed by atoms with E-state index in [0.29, 0.717) is 12.3 Å². The highest BCUT2D eigenvalue weighted by atomic mass is 32.2. The lowest BCUT2D eigenvalue weighted by Gasteiger charge is -2.08. The van der Waals surface area contributed by atoms with Crippen LogP contribution < -0.4 is 10.5 Å². The van der Waals surface area contributed by atoms with E-state index in [1.165, 1.54) is 0 Å². The van der Waals surface area contributed by atoms with Gasteiger partial charge in [-0.1, -0.05) is 12.1 Å². The molecule has 0 spiro atoms. The Kier molecular flexibility index (Phi) is 7.18. The summed E-state index contributed by atoms with van der Waals surface area (Å²) in [6, 6.07) is 7.30. The summed E-state index contributed by atoms with van der Waals surface area (Å²) in [5.41, 5.74) is 6.55. The molecule has 0 aliphatic carbocycles. The Labute approximate surface area is 125 Å². The first-order chi connectivity index (χ1) is 9.96. The molecule has 1 aromatic rings. The highest BCUT2D eigenvalue weighted by Crippen LogP contribution is 2.12. The molecule has 7 heteroatoms. The lowest BCUT2D eigenvalue weighted by atomic mass is 10.1. The van der Waals surface area contributed by atoms with Crippen LogP contribution in [0, 0.1) is 0 Å². The fraction of sp³-hybridized carbons (Fsp3) is 0.500. The van der Waals surface area contributed by atoms with Crippen molar-refractivity contribution in [3.8, 4) is 5.75 Å². The van der Waals surface area contributed by atoms with Gasteiger partial charge in [0.1, 0.15) is 18.1 Å². The number of esters is 1. The van der Waals surface area contributed by atoms with Gasteiger partial charge in [0.2, 0.25) is 0 Å². The van der Waals surface area contributed by atoms with E-state index < -0.39 is 21.6 Å². The van der Waals surface area contributed by atoms with Crippen LogP contribution in [0.2, 0.25) is 0 Å². The van der Waals surface area contributed by atoms with Gasteiger partial charge in [0.25, 0.3) is 0 Å². The Hall–Kier alpha value is -1.60. The highest BCUT2D eigenvalue weighted by Gasteiger charge is 2.17. The fourth-order valence-electron chi connectivity index (χ4n) is 1.66. The van der Waals surface area contributed by atoms with E-state index in [4.69, 9.17) is 10.5 Å². The number of hydrogen-bond acceptors (Lipinski definition) is 6. The first-order valence-corrected chi connectivity index (χ1v) is 8.57. The summed E-state index contributed by atoms with van der Waals surface area (Å²) in [6.07, 6.45) is 0.786. The second-order valence-corrected chi connectivity index (χ2v) is 6.61. The maximum Gasteiger partial charge on any atom is 0.321 e. The lowest BCUT2D eigenvalue weighted by Crippen LogP contribution is -2.23. The molecule has 0 aliphatic heterocycles. The van der Waals surface area contributed by atoms with Crippen molar-refractivity contribution in [2.75, 3.05) is 31.3 Å². The Balaban J connectivity index is 2.40. The van der Waals surface area contributed by atoms with Crippen molar-refractivity contribution >= 4 is 15.8 Å². The van der Waals surface area contributed by atoms with Crippen molar-refractivity contribution < 1.29 is 22.7 Å². The average molecular weight is 315 g/mol. The molecule has 6 nitrogen and oxygen atoms in total. The van der Waals surface area contributed by atoms with Gasteiger partial charge in [-0.3, -0.25) is 4.79 Å². The monoisotopic (exact) mass is 315 g/mol. The van der Waals surface area contributed by atoms with Crippen LogP contribution >= 0.6 is 0 Å². The van der Waals surface area contributed by atoms with Crippen LogP contribution in [0.3, 0.4) is 0 Å². The number of hydrogen-bond donors (Lipinski definition) is 1. The van der Waals surface area contributed by atoms with E-state index in [9.17, 15) is 13.2 Å². The van der Waals surface area contributed by atoms with Crippen molar-refractivity contribution in [3.05, 3.63) is 29.8 Å². The summed E-state index contributed by atoms with van der Waals surface area (Å²) >= 11 is 0. The van der Waals surface area contributed by atoms with E-state index >= 15 is 0 Å². The van der Waals surface area contributed by atoms with Gasteiger partial charge in [-0.25, -0.2) is 8.42 Å². The van der Waals surface area contributed by atoms with Crippen molar-refractivity contribution in [3.63, 3.8) is 0 Å². The highest BCUT2D eigenvalue weighted by molar-refractivity contribution is 7.92. The molecule has 0 radical (unpaired) electrons. The molecule has 1 aromatic carbocycles. The Bertz CT molecular complexity index is 539. The summed E-state index contributed by atoms with van der Waals surface area (Å²) < 4.78 is 33.3. The van der Waals surface area contributed by atoms with E-state index in [1.54, 1.807) is 19.1 Å². The van der Waals surface area contributed by atoms with Crippen LogP contribution in [0.15, 0.2) is 24.3 Å². The number of carbonyl (C=O) groups excluding carboxylic acids is 1. The predicted molar refractivity (Wildman–Crippen MR) is 80.0 cm³/mol. The van der Waals surface area contributed by atoms with Gasteiger partial charge in [0.05, 0.1) is 12.4 Å². The molecule has 1 rings (SSSR count). The molecule has 118 valence electrons. The molecule has 0 amide bonds. The van der Waals surface area contributed by atoms with Gasteiger partial charge >= 0.3 is 5.97 Å². The Morgan fingerprint density at radius 1 is 1.24 bits per heavy atom. The second-order valence-electron chi connectivity index (χ2n) is 4.43. The van der Waals surface area contributed by atoms with Gasteiger partial charge in [-0.05, 0) is 37.6 Å². The third kappa shape index (κ3) is 7.10. The van der Waals surface area contributed by atoms with E-state index in [1.807, 2.05) is 12.1 Å². The molecule has 0 saturated carbocycles. The van der Waals surface area contributed by atoms with Crippen LogP contribution in [-0.4, -0.2) is 45.7 Å². The molecular formula is C14H21NO5S. The minimum Gasteiger partial charge on any atom is -0.493 e. The summed E-state index contributed by atoms with van der Waals surface area (Å²) in [5, 5.41) is 0. The quantitative estimate of drug-likeness (QED) is 0.668. The van der Waals surface area contributed by atoms with Gasteiger partial charge < -0.3 is 15.2 Å². The molecule has 0 saturated heterocycles. The number of sulfone groups is 1. The lowest BCUT2D eigenvalue weighted by molar-refractivity contribution is -0.139. The molecule has 0 bridgehead atoms. The number of nitrogens with two attached hydrogens (primary N) is 1. The van der Waals surface area contributed by atoms with Crippen molar-refractivity contribution in [1.82, 2.24) is 0 Å². The minimum absolute atomic E-state index is 0.00201. The van der Waals surface area contributed by atoms with E-state index in [0.717, 1.165) is 12.0 Å². The molecule has 0 unspecified atom stereocenters.